The van der Waals surface area contributed by atoms with Crippen LogP contribution in [0.3, 0.4) is 0 Å². The third-order valence-corrected chi connectivity index (χ3v) is 22.3. The first-order chi connectivity index (χ1) is 48.2. The molecule has 4 saturated heterocycles. The summed E-state index contributed by atoms with van der Waals surface area (Å²) < 4.78 is 62.9. The number of amides is 4. The quantitative estimate of drug-likeness (QED) is 0.0386. The van der Waals surface area contributed by atoms with Crippen LogP contribution in [0.2, 0.25) is 0 Å². The standard InChI is InChI=1S/C69H116N4O28/c1-7-38-26-40(28-43(59(38)100-67-56(84)54(82)50(78)33(4)92-67)97-66-49(73-35(6)76)61(53(81)48(31-75)99-66)95-46(64(89)90)25-37-18-13-10-14-19-37)42(77)20-15-21-71-69(91)72-23-22-70-62(86)41-27-39(8-2)60(101-68-57(85)55(83)51(79)34(5)93-68)44(29-41)96-65-32(3)58(52(80)47(30-74)98-65)94-45(63(87)88)24-36-16-11-9-12-17-36/h32-34,36-41,43-61,65-68,74-75,78-85H,7-31H2,1-6H3,(H,70,86)(H,73,76)(H,87,88)(H,89,90)(H2,71,72,91)/t32-,33+,34+,38+,39+,40-,41-,43-,44-,45+,46+,47-,48-,49-,50-,51-,52+,53+,54-,55-,56+,57+,58-,59-,60-,61-,65?,66-,67+,68?/m1/s1. The minimum Gasteiger partial charge on any atom is -0.479 e. The lowest BCUT2D eigenvalue weighted by Crippen LogP contribution is -2.67. The average molecular weight is 1450 g/mol. The van der Waals surface area contributed by atoms with E-state index in [0.717, 1.165) is 64.2 Å². The van der Waals surface area contributed by atoms with Gasteiger partial charge >= 0.3 is 18.0 Å². The molecule has 101 heavy (non-hydrogen) atoms. The Labute approximate surface area is 589 Å². The van der Waals surface area contributed by atoms with Gasteiger partial charge in [-0.2, -0.15) is 0 Å². The van der Waals surface area contributed by atoms with Crippen molar-refractivity contribution in [1.82, 2.24) is 21.3 Å². The van der Waals surface area contributed by atoms with Crippen molar-refractivity contribution in [3.05, 3.63) is 0 Å². The zero-order valence-corrected chi connectivity index (χ0v) is 59.1. The van der Waals surface area contributed by atoms with Crippen molar-refractivity contribution in [1.29, 1.82) is 0 Å². The van der Waals surface area contributed by atoms with Crippen LogP contribution in [-0.4, -0.2) is 283 Å². The molecule has 4 aliphatic carbocycles. The van der Waals surface area contributed by atoms with E-state index < -0.39 is 226 Å². The molecule has 0 aromatic rings. The predicted octanol–water partition coefficient (Wildman–Crippen LogP) is -0.266. The normalized spacial score (nSPS) is 40.4. The van der Waals surface area contributed by atoms with Gasteiger partial charge in [-0.1, -0.05) is 97.8 Å². The predicted molar refractivity (Wildman–Crippen MR) is 351 cm³/mol. The fraction of sp³-hybridized carbons (Fsp3) is 0.913. The number of hydrogen-bond acceptors (Lipinski definition) is 26. The Bertz CT molecular complexity index is 2610. The highest BCUT2D eigenvalue weighted by atomic mass is 16.7. The molecule has 580 valence electrons. The molecular formula is C69H116N4O28. The molecule has 0 bridgehead atoms. The van der Waals surface area contributed by atoms with Gasteiger partial charge < -0.3 is 130 Å². The summed E-state index contributed by atoms with van der Waals surface area (Å²) in [5.41, 5.74) is 0. The molecule has 32 heteroatoms. The summed E-state index contributed by atoms with van der Waals surface area (Å²) in [5, 5.41) is 141. The van der Waals surface area contributed by atoms with E-state index in [1.165, 1.54) is 20.8 Å². The van der Waals surface area contributed by atoms with Crippen LogP contribution in [0.4, 0.5) is 4.79 Å². The van der Waals surface area contributed by atoms with Gasteiger partial charge in [0.05, 0.1) is 55.9 Å². The number of ketones is 1. The summed E-state index contributed by atoms with van der Waals surface area (Å²) in [6.07, 6.45) is -21.8. The number of hydrogen-bond donors (Lipinski definition) is 16. The highest BCUT2D eigenvalue weighted by molar-refractivity contribution is 5.81. The fourth-order valence-electron chi connectivity index (χ4n) is 16.3. The molecule has 4 amide bonds. The number of aliphatic hydroxyl groups is 10. The Morgan fingerprint density at radius 1 is 0.485 bits per heavy atom. The topological polar surface area (TPSA) is 486 Å². The van der Waals surface area contributed by atoms with Crippen molar-refractivity contribution >= 4 is 35.6 Å². The summed E-state index contributed by atoms with van der Waals surface area (Å²) in [6.45, 7) is 8.08. The molecule has 4 saturated carbocycles. The van der Waals surface area contributed by atoms with Crippen LogP contribution in [0.1, 0.15) is 170 Å². The first-order valence-corrected chi connectivity index (χ1v) is 36.9. The van der Waals surface area contributed by atoms with Crippen LogP contribution < -0.4 is 21.3 Å². The minimum absolute atomic E-state index is 0.0124. The van der Waals surface area contributed by atoms with Crippen LogP contribution in [0.5, 0.6) is 0 Å². The van der Waals surface area contributed by atoms with Crippen molar-refractivity contribution in [3.8, 4) is 0 Å². The summed E-state index contributed by atoms with van der Waals surface area (Å²) >= 11 is 0. The monoisotopic (exact) mass is 1450 g/mol. The Kier molecular flexibility index (Phi) is 32.0. The maximum Gasteiger partial charge on any atom is 0.332 e. The third-order valence-electron chi connectivity index (χ3n) is 22.3. The molecule has 2 unspecified atom stereocenters. The number of carbonyl (C=O) groups is 6. The highest BCUT2D eigenvalue weighted by Crippen LogP contribution is 2.44. The van der Waals surface area contributed by atoms with Crippen LogP contribution in [0, 0.1) is 41.4 Å². The summed E-state index contributed by atoms with van der Waals surface area (Å²) in [5.74, 6) is -6.88. The number of ether oxygens (including phenoxy) is 10. The highest BCUT2D eigenvalue weighted by Gasteiger charge is 2.55. The van der Waals surface area contributed by atoms with Crippen molar-refractivity contribution in [2.24, 2.45) is 41.4 Å². The second kappa shape index (κ2) is 39.0. The van der Waals surface area contributed by atoms with Crippen molar-refractivity contribution in [2.45, 2.75) is 323 Å². The number of aliphatic carboxylic acids is 2. The van der Waals surface area contributed by atoms with Crippen LogP contribution in [-0.2, 0) is 71.3 Å². The van der Waals surface area contributed by atoms with Gasteiger partial charge in [0.15, 0.2) is 37.4 Å². The van der Waals surface area contributed by atoms with Gasteiger partial charge in [-0.3, -0.25) is 14.4 Å². The lowest BCUT2D eigenvalue weighted by Gasteiger charge is -2.49. The Morgan fingerprint density at radius 2 is 0.931 bits per heavy atom. The number of Topliss-reactive ketones (excluding diaryl/α,β-unsaturated/α-hetero) is 1. The number of nitrogens with one attached hydrogen (secondary N) is 4. The van der Waals surface area contributed by atoms with Gasteiger partial charge in [-0.05, 0) is 82.5 Å². The molecule has 30 atom stereocenters. The molecule has 0 aromatic heterocycles. The first kappa shape index (κ1) is 82.7. The van der Waals surface area contributed by atoms with E-state index in [1.54, 1.807) is 6.92 Å². The molecule has 8 fully saturated rings. The number of carboxylic acids is 2. The Hall–Kier alpha value is -3.98. The van der Waals surface area contributed by atoms with Crippen molar-refractivity contribution < 1.29 is 137 Å². The SMILES string of the molecule is CC[C@H]1C[C@@H](C(=O)NCCNC(=O)NCCCC(=O)[C@@H]2C[C@H](CC)[C@@H](O[C@@H]3O[C@@H](C)[C@@H](O)[C@@H](O)[C@@H]3O)[C@H](O[C@@H]3O[C@H](CO)[C@H](O)[C@H](O[C@@H](CC4CCCCC4)C(=O)O)[C@H]3NC(C)=O)C2)C[C@@H](OC2O[C@H](CO)[C@H](O)[C@H](O[C@@H](CC3CCCCC3)C(=O)O)[C@H]2C)[C@@H]1OC1O[C@@H](C)[C@@H](O)[C@@H](O)[C@@H]1O. The Balaban J connectivity index is 0.887. The van der Waals surface area contributed by atoms with Gasteiger partial charge in [0, 0.05) is 50.7 Å². The molecule has 8 rings (SSSR count). The van der Waals surface area contributed by atoms with E-state index in [-0.39, 0.29) is 88.6 Å². The minimum atomic E-state index is -1.73. The smallest absolute Gasteiger partial charge is 0.332 e. The second-order valence-electron chi connectivity index (χ2n) is 29.5. The third kappa shape index (κ3) is 21.6. The zero-order chi connectivity index (χ0) is 73.5. The zero-order valence-electron chi connectivity index (χ0n) is 59.1. The first-order valence-electron chi connectivity index (χ1n) is 36.9. The van der Waals surface area contributed by atoms with Crippen LogP contribution in [0.25, 0.3) is 0 Å². The lowest BCUT2D eigenvalue weighted by atomic mass is 9.74. The summed E-state index contributed by atoms with van der Waals surface area (Å²) in [7, 11) is 0. The molecule has 8 aliphatic rings. The van der Waals surface area contributed by atoms with E-state index >= 15 is 0 Å². The molecule has 4 heterocycles. The van der Waals surface area contributed by atoms with Crippen LogP contribution in [0.15, 0.2) is 0 Å². The summed E-state index contributed by atoms with van der Waals surface area (Å²) in [6, 6.07) is -1.98. The molecule has 0 radical (unpaired) electrons. The van der Waals surface area contributed by atoms with E-state index in [1.807, 2.05) is 13.8 Å². The molecule has 4 aliphatic heterocycles. The van der Waals surface area contributed by atoms with E-state index in [9.17, 15) is 90.0 Å². The largest absolute Gasteiger partial charge is 0.479 e. The van der Waals surface area contributed by atoms with E-state index in [0.29, 0.717) is 12.8 Å². The van der Waals surface area contributed by atoms with E-state index in [2.05, 4.69) is 21.3 Å². The van der Waals surface area contributed by atoms with Gasteiger partial charge in [0.25, 0.3) is 0 Å². The Morgan fingerprint density at radius 3 is 1.42 bits per heavy atom. The van der Waals surface area contributed by atoms with Gasteiger partial charge in [0.1, 0.15) is 79.0 Å². The molecule has 32 nitrogen and oxygen atoms in total. The van der Waals surface area contributed by atoms with Crippen molar-refractivity contribution in [3.63, 3.8) is 0 Å². The van der Waals surface area contributed by atoms with Gasteiger partial charge in [-0.25, -0.2) is 14.4 Å². The molecular weight excluding hydrogens is 1330 g/mol. The molecule has 16 N–H and O–H groups in total. The number of rotatable bonds is 32. The number of carboxylic acid groups (broad SMARTS) is 2. The fourth-order valence-corrected chi connectivity index (χ4v) is 16.3. The van der Waals surface area contributed by atoms with Gasteiger partial charge in [0.2, 0.25) is 11.8 Å². The lowest BCUT2D eigenvalue weighted by molar-refractivity contribution is -0.343. The van der Waals surface area contributed by atoms with Gasteiger partial charge in [-0.15, -0.1) is 0 Å². The van der Waals surface area contributed by atoms with Crippen molar-refractivity contribution in [2.75, 3.05) is 32.8 Å². The second-order valence-corrected chi connectivity index (χ2v) is 29.5. The number of aliphatic hydroxyl groups excluding tert-OH is 10. The number of urea groups is 1. The molecule has 0 aromatic carbocycles. The van der Waals surface area contributed by atoms with Crippen LogP contribution >= 0.6 is 0 Å². The maximum absolute atomic E-state index is 14.3. The molecule has 0 spiro atoms. The van der Waals surface area contributed by atoms with E-state index in [4.69, 9.17) is 47.4 Å². The average Bonchev–Trinajstić information content (AvgIpc) is 0.781. The maximum atomic E-state index is 14.3. The number of carbonyl (C=O) groups excluding carboxylic acids is 4. The summed E-state index contributed by atoms with van der Waals surface area (Å²) in [4.78, 5) is 80.1.